The van der Waals surface area contributed by atoms with Crippen molar-refractivity contribution in [3.8, 4) is 0 Å². The van der Waals surface area contributed by atoms with Crippen molar-refractivity contribution in [1.82, 2.24) is 10.4 Å². The van der Waals surface area contributed by atoms with Gasteiger partial charge in [0, 0.05) is 11.9 Å². The van der Waals surface area contributed by atoms with Gasteiger partial charge in [-0.3, -0.25) is 9.78 Å². The summed E-state index contributed by atoms with van der Waals surface area (Å²) in [6.07, 6.45) is 3.13. The third-order valence-corrected chi connectivity index (χ3v) is 2.35. The number of hydrogen-bond acceptors (Lipinski definition) is 3. The number of pyridine rings is 1. The molecule has 2 rings (SSSR count). The van der Waals surface area contributed by atoms with Gasteiger partial charge in [-0.05, 0) is 24.6 Å². The Morgan fingerprint density at radius 1 is 1.22 bits per heavy atom. The summed E-state index contributed by atoms with van der Waals surface area (Å²) in [5.74, 6) is -0.269. The van der Waals surface area contributed by atoms with Crippen molar-refractivity contribution in [2.24, 2.45) is 5.10 Å². The number of carbonyl (C=O) groups is 1. The third-order valence-electron chi connectivity index (χ3n) is 2.35. The van der Waals surface area contributed by atoms with E-state index in [0.717, 1.165) is 11.3 Å². The first-order valence-electron chi connectivity index (χ1n) is 5.57. The lowest BCUT2D eigenvalue weighted by molar-refractivity contribution is 0.0955. The van der Waals surface area contributed by atoms with Gasteiger partial charge in [0.15, 0.2) is 0 Å². The smallest absolute Gasteiger partial charge is 0.267 e. The first-order chi connectivity index (χ1) is 8.75. The number of hydrogen-bond donors (Lipinski definition) is 1. The molecule has 0 spiro atoms. The number of rotatable bonds is 3. The highest BCUT2D eigenvalue weighted by Gasteiger charge is 2.03. The number of nitrogens with zero attached hydrogens (tertiary/aromatic N) is 2. The summed E-state index contributed by atoms with van der Waals surface area (Å²) in [4.78, 5) is 15.7. The molecule has 18 heavy (non-hydrogen) atoms. The molecule has 0 fully saturated rings. The van der Waals surface area contributed by atoms with Crippen molar-refractivity contribution < 1.29 is 4.79 Å². The van der Waals surface area contributed by atoms with E-state index in [0.29, 0.717) is 5.56 Å². The molecule has 1 aromatic heterocycles. The number of aryl methyl sites for hydroxylation is 1. The Hall–Kier alpha value is -2.49. The first-order valence-corrected chi connectivity index (χ1v) is 5.57. The lowest BCUT2D eigenvalue weighted by Gasteiger charge is -1.99. The Bertz CT molecular complexity index is 547. The molecule has 0 aliphatic rings. The van der Waals surface area contributed by atoms with Crippen LogP contribution in [0.25, 0.3) is 0 Å². The van der Waals surface area contributed by atoms with Gasteiger partial charge in [0.05, 0.1) is 11.8 Å². The lowest BCUT2D eigenvalue weighted by atomic mass is 10.2. The topological polar surface area (TPSA) is 54.4 Å². The maximum atomic E-state index is 11.7. The zero-order chi connectivity index (χ0) is 12.8. The van der Waals surface area contributed by atoms with Gasteiger partial charge in [-0.2, -0.15) is 5.10 Å². The average Bonchev–Trinajstić information content (AvgIpc) is 2.40. The molecule has 1 heterocycles. The summed E-state index contributed by atoms with van der Waals surface area (Å²) in [6, 6.07) is 13.1. The van der Waals surface area contributed by atoms with Gasteiger partial charge in [-0.1, -0.05) is 30.3 Å². The fourth-order valence-electron chi connectivity index (χ4n) is 1.37. The summed E-state index contributed by atoms with van der Waals surface area (Å²) in [7, 11) is 0. The van der Waals surface area contributed by atoms with Crippen LogP contribution >= 0.6 is 0 Å². The Balaban J connectivity index is 1.96. The lowest BCUT2D eigenvalue weighted by Crippen LogP contribution is -2.17. The second kappa shape index (κ2) is 5.72. The third kappa shape index (κ3) is 3.25. The van der Waals surface area contributed by atoms with Crippen molar-refractivity contribution in [1.29, 1.82) is 0 Å². The number of hydrazone groups is 1. The molecular weight excluding hydrogens is 226 g/mol. The van der Waals surface area contributed by atoms with Crippen molar-refractivity contribution >= 4 is 12.1 Å². The molecule has 0 atom stereocenters. The molecule has 90 valence electrons. The van der Waals surface area contributed by atoms with E-state index >= 15 is 0 Å². The SMILES string of the molecule is Cc1ccc(C(=O)N/N=C\c2ccccc2)cn1. The van der Waals surface area contributed by atoms with E-state index in [1.807, 2.05) is 37.3 Å². The molecule has 0 saturated heterocycles. The molecule has 2 aromatic rings. The number of carbonyl (C=O) groups excluding carboxylic acids is 1. The molecule has 0 aliphatic heterocycles. The minimum atomic E-state index is -0.269. The van der Waals surface area contributed by atoms with Gasteiger partial charge in [0.25, 0.3) is 5.91 Å². The van der Waals surface area contributed by atoms with Crippen LogP contribution in [0.4, 0.5) is 0 Å². The van der Waals surface area contributed by atoms with Crippen LogP contribution in [-0.4, -0.2) is 17.1 Å². The Morgan fingerprint density at radius 3 is 2.67 bits per heavy atom. The number of nitrogens with one attached hydrogen (secondary N) is 1. The van der Waals surface area contributed by atoms with Gasteiger partial charge < -0.3 is 0 Å². The number of aromatic nitrogens is 1. The minimum Gasteiger partial charge on any atom is -0.267 e. The van der Waals surface area contributed by atoms with Crippen LogP contribution in [0.2, 0.25) is 0 Å². The van der Waals surface area contributed by atoms with Crippen molar-refractivity contribution in [2.75, 3.05) is 0 Å². The van der Waals surface area contributed by atoms with E-state index < -0.39 is 0 Å². The maximum absolute atomic E-state index is 11.7. The molecule has 0 saturated carbocycles. The van der Waals surface area contributed by atoms with E-state index in [-0.39, 0.29) is 5.91 Å². The average molecular weight is 239 g/mol. The van der Waals surface area contributed by atoms with Crippen LogP contribution in [-0.2, 0) is 0 Å². The molecule has 1 aromatic carbocycles. The second-order valence-electron chi connectivity index (χ2n) is 3.80. The largest absolute Gasteiger partial charge is 0.272 e. The highest BCUT2D eigenvalue weighted by atomic mass is 16.2. The van der Waals surface area contributed by atoms with E-state index in [9.17, 15) is 4.79 Å². The van der Waals surface area contributed by atoms with Crippen LogP contribution in [0, 0.1) is 6.92 Å². The molecule has 4 nitrogen and oxygen atoms in total. The van der Waals surface area contributed by atoms with E-state index in [2.05, 4.69) is 15.5 Å². The Labute approximate surface area is 105 Å². The monoisotopic (exact) mass is 239 g/mol. The van der Waals surface area contributed by atoms with Gasteiger partial charge in [0.2, 0.25) is 0 Å². The normalized spacial score (nSPS) is 10.5. The molecule has 1 amide bonds. The van der Waals surface area contributed by atoms with E-state index in [1.54, 1.807) is 18.3 Å². The Kier molecular flexibility index (Phi) is 3.81. The summed E-state index contributed by atoms with van der Waals surface area (Å²) < 4.78 is 0. The highest BCUT2D eigenvalue weighted by Crippen LogP contribution is 1.99. The highest BCUT2D eigenvalue weighted by molar-refractivity contribution is 5.94. The van der Waals surface area contributed by atoms with E-state index in [1.165, 1.54) is 6.20 Å². The second-order valence-corrected chi connectivity index (χ2v) is 3.80. The zero-order valence-corrected chi connectivity index (χ0v) is 10.00. The number of amides is 1. The summed E-state index contributed by atoms with van der Waals surface area (Å²) in [5.41, 5.74) is 4.75. The molecule has 0 unspecified atom stereocenters. The molecule has 4 heteroatoms. The van der Waals surface area contributed by atoms with Crippen molar-refractivity contribution in [3.05, 3.63) is 65.5 Å². The van der Waals surface area contributed by atoms with E-state index in [4.69, 9.17) is 0 Å². The summed E-state index contributed by atoms with van der Waals surface area (Å²) in [6.45, 7) is 1.87. The van der Waals surface area contributed by atoms with Crippen LogP contribution in [0.5, 0.6) is 0 Å². The Morgan fingerprint density at radius 2 is 2.00 bits per heavy atom. The van der Waals surface area contributed by atoms with Gasteiger partial charge in [0.1, 0.15) is 0 Å². The first kappa shape index (κ1) is 12.0. The number of benzene rings is 1. The molecular formula is C14H13N3O. The van der Waals surface area contributed by atoms with Crippen LogP contribution in [0.3, 0.4) is 0 Å². The van der Waals surface area contributed by atoms with Crippen LogP contribution < -0.4 is 5.43 Å². The standard InChI is InChI=1S/C14H13N3O/c1-11-7-8-13(10-15-11)14(18)17-16-9-12-5-3-2-4-6-12/h2-10H,1H3,(H,17,18)/b16-9-. The summed E-state index contributed by atoms with van der Waals surface area (Å²) in [5, 5.41) is 3.89. The fraction of sp³-hybridized carbons (Fsp3) is 0.0714. The maximum Gasteiger partial charge on any atom is 0.272 e. The quantitative estimate of drug-likeness (QED) is 0.659. The predicted molar refractivity (Wildman–Crippen MR) is 70.5 cm³/mol. The zero-order valence-electron chi connectivity index (χ0n) is 10.00. The van der Waals surface area contributed by atoms with Gasteiger partial charge in [-0.25, -0.2) is 5.43 Å². The van der Waals surface area contributed by atoms with Crippen LogP contribution in [0.1, 0.15) is 21.6 Å². The van der Waals surface area contributed by atoms with Crippen LogP contribution in [0.15, 0.2) is 53.8 Å². The molecule has 0 bridgehead atoms. The fourth-order valence-corrected chi connectivity index (χ4v) is 1.37. The van der Waals surface area contributed by atoms with Gasteiger partial charge in [-0.15, -0.1) is 0 Å². The minimum absolute atomic E-state index is 0.269. The van der Waals surface area contributed by atoms with Crippen molar-refractivity contribution in [3.63, 3.8) is 0 Å². The molecule has 1 N–H and O–H groups in total. The predicted octanol–water partition coefficient (Wildman–Crippen LogP) is 2.15. The summed E-state index contributed by atoms with van der Waals surface area (Å²) >= 11 is 0. The molecule has 0 aliphatic carbocycles. The molecule has 0 radical (unpaired) electrons. The van der Waals surface area contributed by atoms with Crippen molar-refractivity contribution in [2.45, 2.75) is 6.92 Å². The van der Waals surface area contributed by atoms with Gasteiger partial charge >= 0.3 is 0 Å².